The first kappa shape index (κ1) is 17.2. The van der Waals surface area contributed by atoms with Crippen molar-refractivity contribution in [2.45, 2.75) is 44.1 Å². The average molecular weight is 334 g/mol. The molecule has 0 bridgehead atoms. The lowest BCUT2D eigenvalue weighted by Gasteiger charge is -2.46. The number of piperidine rings is 1. The smallest absolute Gasteiger partial charge is 0.410 e. The summed E-state index contributed by atoms with van der Waals surface area (Å²) < 4.78 is 17.0. The lowest BCUT2D eigenvalue weighted by Crippen LogP contribution is -2.65. The van der Waals surface area contributed by atoms with Crippen molar-refractivity contribution < 1.29 is 19.0 Å². The van der Waals surface area contributed by atoms with Crippen LogP contribution in [0.25, 0.3) is 0 Å². The molecule has 2 aliphatic heterocycles. The highest BCUT2D eigenvalue weighted by molar-refractivity contribution is 5.68. The Hall–Kier alpha value is -1.63. The highest BCUT2D eigenvalue weighted by Crippen LogP contribution is 2.27. The Labute approximate surface area is 142 Å². The van der Waals surface area contributed by atoms with Gasteiger partial charge < -0.3 is 24.8 Å². The number of hydrogen-bond acceptors (Lipinski definition) is 5. The van der Waals surface area contributed by atoms with E-state index in [9.17, 15) is 4.79 Å². The lowest BCUT2D eigenvalue weighted by atomic mass is 9.84. The van der Waals surface area contributed by atoms with Crippen LogP contribution >= 0.6 is 0 Å². The number of hydrogen-bond donors (Lipinski definition) is 1. The molecule has 1 aromatic rings. The van der Waals surface area contributed by atoms with E-state index in [4.69, 9.17) is 19.9 Å². The van der Waals surface area contributed by atoms with Crippen LogP contribution in [0.4, 0.5) is 4.79 Å². The van der Waals surface area contributed by atoms with E-state index >= 15 is 0 Å². The number of carbonyl (C=O) groups is 1. The second kappa shape index (κ2) is 7.51. The summed E-state index contributed by atoms with van der Waals surface area (Å²) in [7, 11) is 0. The van der Waals surface area contributed by atoms with Gasteiger partial charge in [-0.05, 0) is 25.3 Å². The molecular weight excluding hydrogens is 308 g/mol. The van der Waals surface area contributed by atoms with Crippen molar-refractivity contribution >= 4 is 6.09 Å². The normalized spacial score (nSPS) is 30.8. The maximum Gasteiger partial charge on any atom is 0.410 e. The number of amides is 1. The number of rotatable bonds is 3. The molecule has 0 aliphatic carbocycles. The maximum atomic E-state index is 12.4. The molecular formula is C18H26N2O4. The van der Waals surface area contributed by atoms with Crippen molar-refractivity contribution in [3.63, 3.8) is 0 Å². The minimum absolute atomic E-state index is 0.0320. The molecule has 2 fully saturated rings. The van der Waals surface area contributed by atoms with Crippen LogP contribution in [-0.4, -0.2) is 55.0 Å². The number of carbonyl (C=O) groups excluding carboxylic acids is 1. The Morgan fingerprint density at radius 3 is 2.92 bits per heavy atom. The molecule has 2 heterocycles. The van der Waals surface area contributed by atoms with Crippen LogP contribution in [0.5, 0.6) is 0 Å². The standard InChI is InChI=1S/C18H26N2O4/c1-14-10-22-12-16(24-14)18(19)8-5-9-20(13-18)17(21)23-11-15-6-3-2-4-7-15/h2-4,6-7,14,16H,5,8-13,19H2,1H3. The van der Waals surface area contributed by atoms with E-state index in [0.29, 0.717) is 26.3 Å². The molecule has 2 saturated heterocycles. The van der Waals surface area contributed by atoms with Crippen molar-refractivity contribution in [1.29, 1.82) is 0 Å². The van der Waals surface area contributed by atoms with Crippen molar-refractivity contribution in [1.82, 2.24) is 4.90 Å². The third-order valence-electron chi connectivity index (χ3n) is 4.68. The summed E-state index contributed by atoms with van der Waals surface area (Å²) in [5, 5.41) is 0. The van der Waals surface area contributed by atoms with Gasteiger partial charge >= 0.3 is 6.09 Å². The molecule has 2 aliphatic rings. The first-order valence-electron chi connectivity index (χ1n) is 8.54. The first-order chi connectivity index (χ1) is 11.6. The summed E-state index contributed by atoms with van der Waals surface area (Å²) in [6.45, 7) is 4.41. The quantitative estimate of drug-likeness (QED) is 0.914. The van der Waals surface area contributed by atoms with Gasteiger partial charge in [0.25, 0.3) is 0 Å². The van der Waals surface area contributed by atoms with E-state index in [1.165, 1.54) is 0 Å². The second-order valence-corrected chi connectivity index (χ2v) is 6.77. The zero-order valence-corrected chi connectivity index (χ0v) is 14.1. The fourth-order valence-corrected chi connectivity index (χ4v) is 3.34. The van der Waals surface area contributed by atoms with Crippen LogP contribution in [0.3, 0.4) is 0 Å². The second-order valence-electron chi connectivity index (χ2n) is 6.77. The Morgan fingerprint density at radius 2 is 2.17 bits per heavy atom. The zero-order chi connectivity index (χ0) is 17.0. The van der Waals surface area contributed by atoms with E-state index in [-0.39, 0.29) is 24.9 Å². The van der Waals surface area contributed by atoms with Crippen molar-refractivity contribution in [2.24, 2.45) is 5.73 Å². The summed E-state index contributed by atoms with van der Waals surface area (Å²) in [4.78, 5) is 14.1. The van der Waals surface area contributed by atoms with Crippen LogP contribution in [0.1, 0.15) is 25.3 Å². The van der Waals surface area contributed by atoms with Crippen LogP contribution in [-0.2, 0) is 20.8 Å². The van der Waals surface area contributed by atoms with Crippen molar-refractivity contribution in [2.75, 3.05) is 26.3 Å². The number of nitrogens with two attached hydrogens (primary N) is 1. The number of nitrogens with zero attached hydrogens (tertiary/aromatic N) is 1. The van der Waals surface area contributed by atoms with Gasteiger partial charge in [-0.15, -0.1) is 0 Å². The molecule has 0 spiro atoms. The molecule has 3 rings (SSSR count). The highest BCUT2D eigenvalue weighted by Gasteiger charge is 2.43. The highest BCUT2D eigenvalue weighted by atomic mass is 16.6. The summed E-state index contributed by atoms with van der Waals surface area (Å²) >= 11 is 0. The van der Waals surface area contributed by atoms with Gasteiger partial charge in [-0.1, -0.05) is 30.3 Å². The van der Waals surface area contributed by atoms with E-state index in [1.54, 1.807) is 4.90 Å². The summed E-state index contributed by atoms with van der Waals surface area (Å²) in [5.74, 6) is 0. The summed E-state index contributed by atoms with van der Waals surface area (Å²) in [6, 6.07) is 9.66. The molecule has 2 N–H and O–H groups in total. The van der Waals surface area contributed by atoms with Gasteiger partial charge in [-0.25, -0.2) is 4.79 Å². The van der Waals surface area contributed by atoms with Crippen LogP contribution in [0.15, 0.2) is 30.3 Å². The van der Waals surface area contributed by atoms with Crippen molar-refractivity contribution in [3.05, 3.63) is 35.9 Å². The Bertz CT molecular complexity index is 553. The molecule has 6 nitrogen and oxygen atoms in total. The molecule has 0 aromatic heterocycles. The fraction of sp³-hybridized carbons (Fsp3) is 0.611. The monoisotopic (exact) mass is 334 g/mol. The Morgan fingerprint density at radius 1 is 1.38 bits per heavy atom. The largest absolute Gasteiger partial charge is 0.445 e. The molecule has 132 valence electrons. The Kier molecular flexibility index (Phi) is 5.38. The van der Waals surface area contributed by atoms with Crippen molar-refractivity contribution in [3.8, 4) is 0 Å². The van der Waals surface area contributed by atoms with E-state index in [0.717, 1.165) is 18.4 Å². The average Bonchev–Trinajstić information content (AvgIpc) is 2.60. The predicted octanol–water partition coefficient (Wildman–Crippen LogP) is 1.92. The van der Waals surface area contributed by atoms with Crippen LogP contribution in [0, 0.1) is 0 Å². The van der Waals surface area contributed by atoms with Gasteiger partial charge in [-0.3, -0.25) is 0 Å². The van der Waals surface area contributed by atoms with E-state index < -0.39 is 5.54 Å². The molecule has 6 heteroatoms. The van der Waals surface area contributed by atoms with Crippen LogP contribution < -0.4 is 5.73 Å². The van der Waals surface area contributed by atoms with E-state index in [1.807, 2.05) is 37.3 Å². The van der Waals surface area contributed by atoms with Gasteiger partial charge in [0.05, 0.1) is 24.9 Å². The molecule has 1 aromatic carbocycles. The Balaban J connectivity index is 1.57. The molecule has 0 saturated carbocycles. The molecule has 3 atom stereocenters. The number of likely N-dealkylation sites (tertiary alicyclic amines) is 1. The molecule has 0 radical (unpaired) electrons. The van der Waals surface area contributed by atoms with Gasteiger partial charge in [-0.2, -0.15) is 0 Å². The maximum absolute atomic E-state index is 12.4. The minimum Gasteiger partial charge on any atom is -0.445 e. The molecule has 1 amide bonds. The van der Waals surface area contributed by atoms with Gasteiger partial charge in [0, 0.05) is 13.1 Å². The van der Waals surface area contributed by atoms with Gasteiger partial charge in [0.1, 0.15) is 12.7 Å². The fourth-order valence-electron chi connectivity index (χ4n) is 3.34. The third-order valence-corrected chi connectivity index (χ3v) is 4.68. The van der Waals surface area contributed by atoms with Gasteiger partial charge in [0.15, 0.2) is 0 Å². The number of ether oxygens (including phenoxy) is 3. The zero-order valence-electron chi connectivity index (χ0n) is 14.1. The topological polar surface area (TPSA) is 74.0 Å². The lowest BCUT2D eigenvalue weighted by molar-refractivity contribution is -0.162. The molecule has 24 heavy (non-hydrogen) atoms. The van der Waals surface area contributed by atoms with Gasteiger partial charge in [0.2, 0.25) is 0 Å². The summed E-state index contributed by atoms with van der Waals surface area (Å²) in [5.41, 5.74) is 6.96. The predicted molar refractivity (Wildman–Crippen MR) is 89.5 cm³/mol. The van der Waals surface area contributed by atoms with E-state index in [2.05, 4.69) is 0 Å². The van der Waals surface area contributed by atoms with Crippen LogP contribution in [0.2, 0.25) is 0 Å². The summed E-state index contributed by atoms with van der Waals surface area (Å²) in [6.07, 6.45) is 1.18. The first-order valence-corrected chi connectivity index (χ1v) is 8.54. The molecule has 3 unspecified atom stereocenters. The SMILES string of the molecule is CC1COCC(C2(N)CCCN(C(=O)OCc3ccccc3)C2)O1. The third kappa shape index (κ3) is 4.06. The number of benzene rings is 1. The minimum atomic E-state index is -0.585.